The number of nitrogens with zero attached hydrogens (tertiary/aromatic N) is 2. The molecule has 2 amide bonds. The number of benzene rings is 4. The molecular formula is C33H34ClN3O4S. The highest BCUT2D eigenvalue weighted by atomic mass is 35.5. The Balaban J connectivity index is 1.81. The summed E-state index contributed by atoms with van der Waals surface area (Å²) >= 11 is 6.49. The van der Waals surface area contributed by atoms with Gasteiger partial charge in [-0.1, -0.05) is 84.4 Å². The van der Waals surface area contributed by atoms with Gasteiger partial charge in [0.25, 0.3) is 10.0 Å². The van der Waals surface area contributed by atoms with E-state index in [0.29, 0.717) is 16.3 Å². The normalized spacial score (nSPS) is 11.9. The maximum absolute atomic E-state index is 14.3. The first-order valence-corrected chi connectivity index (χ1v) is 15.4. The van der Waals surface area contributed by atoms with Crippen molar-refractivity contribution in [3.8, 4) is 0 Å². The van der Waals surface area contributed by atoms with E-state index in [1.54, 1.807) is 54.6 Å². The Hall–Kier alpha value is -4.14. The summed E-state index contributed by atoms with van der Waals surface area (Å²) in [4.78, 5) is 29.1. The van der Waals surface area contributed by atoms with E-state index in [1.807, 2.05) is 50.2 Å². The van der Waals surface area contributed by atoms with E-state index < -0.39 is 28.5 Å². The van der Waals surface area contributed by atoms with Crippen molar-refractivity contribution < 1.29 is 18.0 Å². The maximum Gasteiger partial charge on any atom is 0.264 e. The molecule has 0 aliphatic heterocycles. The van der Waals surface area contributed by atoms with Crippen molar-refractivity contribution >= 4 is 39.1 Å². The van der Waals surface area contributed by atoms with Crippen LogP contribution in [-0.2, 0) is 32.6 Å². The Labute approximate surface area is 252 Å². The Kier molecular flexibility index (Phi) is 10.0. The molecule has 4 aromatic carbocycles. The van der Waals surface area contributed by atoms with Gasteiger partial charge in [0.1, 0.15) is 12.6 Å². The number of carbonyl (C=O) groups excluding carboxylic acids is 2. The number of sulfonamides is 1. The second-order valence-electron chi connectivity index (χ2n) is 10.0. The van der Waals surface area contributed by atoms with Crippen molar-refractivity contribution in [1.82, 2.24) is 10.2 Å². The van der Waals surface area contributed by atoms with E-state index in [1.165, 1.54) is 24.1 Å². The van der Waals surface area contributed by atoms with E-state index in [9.17, 15) is 18.0 Å². The highest BCUT2D eigenvalue weighted by Crippen LogP contribution is 2.27. The first kappa shape index (κ1) is 30.8. The van der Waals surface area contributed by atoms with Crippen molar-refractivity contribution in [3.05, 3.63) is 130 Å². The number of carbonyl (C=O) groups is 2. The molecule has 4 aromatic rings. The fourth-order valence-electron chi connectivity index (χ4n) is 4.66. The van der Waals surface area contributed by atoms with E-state index in [2.05, 4.69) is 5.32 Å². The van der Waals surface area contributed by atoms with Crippen molar-refractivity contribution in [2.75, 3.05) is 17.9 Å². The van der Waals surface area contributed by atoms with Gasteiger partial charge < -0.3 is 10.2 Å². The summed E-state index contributed by atoms with van der Waals surface area (Å²) in [7, 11) is -2.63. The summed E-state index contributed by atoms with van der Waals surface area (Å²) in [6.45, 7) is 3.31. The number of hydrogen-bond acceptors (Lipinski definition) is 4. The summed E-state index contributed by atoms with van der Waals surface area (Å²) in [5, 5.41) is 3.12. The van der Waals surface area contributed by atoms with Gasteiger partial charge in [-0.2, -0.15) is 0 Å². The average Bonchev–Trinajstić information content (AvgIpc) is 3.00. The number of likely N-dealkylation sites (N-methyl/N-ethyl adjacent to an activating group) is 1. The van der Waals surface area contributed by atoms with Gasteiger partial charge in [0, 0.05) is 25.0 Å². The van der Waals surface area contributed by atoms with Crippen LogP contribution in [0.1, 0.15) is 22.3 Å². The molecule has 9 heteroatoms. The molecule has 0 saturated carbocycles. The summed E-state index contributed by atoms with van der Waals surface area (Å²) in [5.74, 6) is -0.917. The fourth-order valence-corrected chi connectivity index (χ4v) is 6.28. The van der Waals surface area contributed by atoms with Gasteiger partial charge in [0.15, 0.2) is 0 Å². The number of aryl methyl sites for hydroxylation is 2. The van der Waals surface area contributed by atoms with Crippen LogP contribution in [0.5, 0.6) is 0 Å². The van der Waals surface area contributed by atoms with E-state index in [4.69, 9.17) is 11.6 Å². The van der Waals surface area contributed by atoms with Crippen LogP contribution in [0.4, 0.5) is 5.69 Å². The second kappa shape index (κ2) is 13.7. The lowest BCUT2D eigenvalue weighted by atomic mass is 10.0. The molecule has 1 atom stereocenters. The van der Waals surface area contributed by atoms with Crippen LogP contribution < -0.4 is 9.62 Å². The predicted molar refractivity (Wildman–Crippen MR) is 167 cm³/mol. The number of nitrogens with one attached hydrogen (secondary N) is 1. The molecule has 0 radical (unpaired) electrons. The lowest BCUT2D eigenvalue weighted by molar-refractivity contribution is -0.139. The lowest BCUT2D eigenvalue weighted by Gasteiger charge is -2.34. The van der Waals surface area contributed by atoms with Crippen LogP contribution >= 0.6 is 11.6 Å². The van der Waals surface area contributed by atoms with Crippen molar-refractivity contribution in [2.45, 2.75) is 37.8 Å². The highest BCUT2D eigenvalue weighted by Gasteiger charge is 2.34. The molecule has 0 heterocycles. The summed E-state index contributed by atoms with van der Waals surface area (Å²) in [6, 6.07) is 28.8. The summed E-state index contributed by atoms with van der Waals surface area (Å²) in [6.07, 6.45) is 0.228. The molecule has 7 nitrogen and oxygen atoms in total. The van der Waals surface area contributed by atoms with Crippen LogP contribution in [0.25, 0.3) is 0 Å². The zero-order valence-corrected chi connectivity index (χ0v) is 25.4. The number of anilines is 1. The Morgan fingerprint density at radius 3 is 2.07 bits per heavy atom. The minimum absolute atomic E-state index is 0.00950. The number of halogens is 1. The van der Waals surface area contributed by atoms with Gasteiger partial charge in [0.2, 0.25) is 11.8 Å². The van der Waals surface area contributed by atoms with Gasteiger partial charge in [-0.05, 0) is 66.4 Å². The highest BCUT2D eigenvalue weighted by molar-refractivity contribution is 7.92. The molecular weight excluding hydrogens is 570 g/mol. The smallest absolute Gasteiger partial charge is 0.264 e. The van der Waals surface area contributed by atoms with Gasteiger partial charge in [0.05, 0.1) is 10.6 Å². The van der Waals surface area contributed by atoms with Crippen LogP contribution in [0.2, 0.25) is 5.02 Å². The Bertz CT molecular complexity index is 1650. The topological polar surface area (TPSA) is 86.8 Å². The molecule has 0 unspecified atom stereocenters. The third-order valence-electron chi connectivity index (χ3n) is 7.20. The number of rotatable bonds is 11. The molecule has 0 aromatic heterocycles. The molecule has 0 bridgehead atoms. The molecule has 0 aliphatic rings. The van der Waals surface area contributed by atoms with Crippen LogP contribution in [-0.4, -0.2) is 44.8 Å². The van der Waals surface area contributed by atoms with Crippen LogP contribution in [0.3, 0.4) is 0 Å². The molecule has 218 valence electrons. The monoisotopic (exact) mass is 603 g/mol. The fraction of sp³-hybridized carbons (Fsp3) is 0.212. The standard InChI is InChI=1S/C33H34ClN3O4S/c1-24-18-19-28(20-25(24)2)37(42(40,41)29-15-8-5-9-16-29)23-32(38)36(22-27-14-10-11-17-30(27)34)31(33(39)35-3)21-26-12-6-4-7-13-26/h4-20,31H,21-23H2,1-3H3,(H,35,39)/t31-/m1/s1. The minimum atomic E-state index is -4.14. The molecule has 0 aliphatic carbocycles. The van der Waals surface area contributed by atoms with Crippen molar-refractivity contribution in [2.24, 2.45) is 0 Å². The Morgan fingerprint density at radius 1 is 0.833 bits per heavy atom. The zero-order chi connectivity index (χ0) is 30.3. The second-order valence-corrected chi connectivity index (χ2v) is 12.3. The van der Waals surface area contributed by atoms with E-state index >= 15 is 0 Å². The lowest BCUT2D eigenvalue weighted by Crippen LogP contribution is -2.53. The summed E-state index contributed by atoms with van der Waals surface area (Å²) < 4.78 is 29.1. The molecule has 1 N–H and O–H groups in total. The van der Waals surface area contributed by atoms with Gasteiger partial charge in [-0.25, -0.2) is 8.42 Å². The van der Waals surface area contributed by atoms with Crippen molar-refractivity contribution in [3.63, 3.8) is 0 Å². The molecule has 0 saturated heterocycles. The van der Waals surface area contributed by atoms with Crippen LogP contribution in [0, 0.1) is 13.8 Å². The van der Waals surface area contributed by atoms with Crippen LogP contribution in [0.15, 0.2) is 108 Å². The van der Waals surface area contributed by atoms with Gasteiger partial charge >= 0.3 is 0 Å². The first-order chi connectivity index (χ1) is 20.1. The first-order valence-electron chi connectivity index (χ1n) is 13.5. The summed E-state index contributed by atoms with van der Waals surface area (Å²) in [5.41, 5.74) is 3.72. The largest absolute Gasteiger partial charge is 0.357 e. The van der Waals surface area contributed by atoms with E-state index in [-0.39, 0.29) is 23.8 Å². The average molecular weight is 604 g/mol. The van der Waals surface area contributed by atoms with Crippen molar-refractivity contribution in [1.29, 1.82) is 0 Å². The number of amides is 2. The maximum atomic E-state index is 14.3. The minimum Gasteiger partial charge on any atom is -0.357 e. The predicted octanol–water partition coefficient (Wildman–Crippen LogP) is 5.54. The third kappa shape index (κ3) is 7.19. The molecule has 0 spiro atoms. The molecule has 4 rings (SSSR count). The SMILES string of the molecule is CNC(=O)[C@@H](Cc1ccccc1)N(Cc1ccccc1Cl)C(=O)CN(c1ccc(C)c(C)c1)S(=O)(=O)c1ccccc1. The molecule has 0 fully saturated rings. The van der Waals surface area contributed by atoms with Gasteiger partial charge in [-0.15, -0.1) is 0 Å². The number of hydrogen-bond donors (Lipinski definition) is 1. The van der Waals surface area contributed by atoms with Gasteiger partial charge in [-0.3, -0.25) is 13.9 Å². The quantitative estimate of drug-likeness (QED) is 0.244. The van der Waals surface area contributed by atoms with E-state index in [0.717, 1.165) is 21.0 Å². The molecule has 42 heavy (non-hydrogen) atoms. The third-order valence-corrected chi connectivity index (χ3v) is 9.36. The zero-order valence-electron chi connectivity index (χ0n) is 23.8. The Morgan fingerprint density at radius 2 is 1.45 bits per heavy atom.